The molecule has 184 valence electrons. The summed E-state index contributed by atoms with van der Waals surface area (Å²) in [6, 6.07) is 6.57. The van der Waals surface area contributed by atoms with Crippen LogP contribution in [0.4, 0.5) is 4.79 Å². The zero-order valence-electron chi connectivity index (χ0n) is 20.1. The molecule has 2 aliphatic rings. The summed E-state index contributed by atoms with van der Waals surface area (Å²) in [4.78, 5) is 39.6. The Morgan fingerprint density at radius 3 is 2.65 bits per heavy atom. The highest BCUT2D eigenvalue weighted by molar-refractivity contribution is 5.91. The molecule has 3 N–H and O–H groups in total. The Morgan fingerprint density at radius 2 is 1.97 bits per heavy atom. The summed E-state index contributed by atoms with van der Waals surface area (Å²) in [5.74, 6) is 0.0740. The monoisotopic (exact) mass is 471 g/mol. The number of nitrogens with zero attached hydrogens (tertiary/aromatic N) is 3. The van der Waals surface area contributed by atoms with Gasteiger partial charge in [-0.25, -0.2) is 4.79 Å². The van der Waals surface area contributed by atoms with Crippen LogP contribution in [0.25, 0.3) is 10.9 Å². The number of methoxy groups -OCH3 is 1. The van der Waals surface area contributed by atoms with Crippen LogP contribution >= 0.6 is 0 Å². The predicted molar refractivity (Wildman–Crippen MR) is 125 cm³/mol. The van der Waals surface area contributed by atoms with Crippen molar-refractivity contribution in [1.29, 1.82) is 0 Å². The van der Waals surface area contributed by atoms with E-state index in [1.165, 1.54) is 4.68 Å². The Bertz CT molecular complexity index is 1090. The van der Waals surface area contributed by atoms with Crippen molar-refractivity contribution >= 4 is 28.8 Å². The predicted octanol–water partition coefficient (Wildman–Crippen LogP) is 2.05. The van der Waals surface area contributed by atoms with Crippen LogP contribution in [0, 0.1) is 11.3 Å². The third-order valence-corrected chi connectivity index (χ3v) is 6.37. The molecule has 34 heavy (non-hydrogen) atoms. The molecule has 1 saturated heterocycles. The van der Waals surface area contributed by atoms with Crippen molar-refractivity contribution in [3.05, 3.63) is 24.3 Å². The van der Waals surface area contributed by atoms with Gasteiger partial charge < -0.3 is 25.4 Å². The summed E-state index contributed by atoms with van der Waals surface area (Å²) in [6.45, 7) is 6.70. The number of para-hydroxylation sites is 1. The zero-order valence-corrected chi connectivity index (χ0v) is 20.1. The highest BCUT2D eigenvalue weighted by Gasteiger charge is 2.56. The standard InChI is InChI=1S/C24H33N5O5/c1-24(2,3)11-15(13-33-4)26-21(31)19-10-14-9-18(14)29(19)20(30)12-28-17-8-6-5-7-16(17)22(27-28)34-23(25)32/h5-8,14-15,18-19H,9-13H2,1-4H3,(H2,25,32)(H,26,31)/t14-,15+,18-,19+/m1/s1. The second-order valence-electron chi connectivity index (χ2n) is 10.4. The number of ether oxygens (including phenoxy) is 2. The number of piperidine rings is 1. The summed E-state index contributed by atoms with van der Waals surface area (Å²) >= 11 is 0. The Morgan fingerprint density at radius 1 is 1.24 bits per heavy atom. The van der Waals surface area contributed by atoms with E-state index in [2.05, 4.69) is 31.2 Å². The van der Waals surface area contributed by atoms with Crippen LogP contribution in [0.15, 0.2) is 24.3 Å². The molecule has 4 atom stereocenters. The second kappa shape index (κ2) is 9.25. The highest BCUT2D eigenvalue weighted by Crippen LogP contribution is 2.48. The lowest BCUT2D eigenvalue weighted by atomic mass is 9.88. The number of amides is 3. The van der Waals surface area contributed by atoms with Crippen LogP contribution in [0.5, 0.6) is 5.88 Å². The fourth-order valence-corrected chi connectivity index (χ4v) is 5.04. The largest absolute Gasteiger partial charge is 0.411 e. The van der Waals surface area contributed by atoms with Crippen molar-refractivity contribution in [3.63, 3.8) is 0 Å². The van der Waals surface area contributed by atoms with Gasteiger partial charge in [-0.05, 0) is 42.7 Å². The van der Waals surface area contributed by atoms with Gasteiger partial charge in [0, 0.05) is 13.2 Å². The number of fused-ring (bicyclic) bond motifs is 2. The van der Waals surface area contributed by atoms with Crippen molar-refractivity contribution in [2.75, 3.05) is 13.7 Å². The van der Waals surface area contributed by atoms with Gasteiger partial charge >= 0.3 is 6.09 Å². The average molecular weight is 472 g/mol. The number of primary amides is 1. The number of nitrogens with one attached hydrogen (secondary N) is 1. The third-order valence-electron chi connectivity index (χ3n) is 6.37. The number of rotatable bonds is 8. The number of nitrogens with two attached hydrogens (primary N) is 1. The lowest BCUT2D eigenvalue weighted by Crippen LogP contribution is -2.52. The molecular weight excluding hydrogens is 438 g/mol. The molecule has 2 fully saturated rings. The lowest BCUT2D eigenvalue weighted by Gasteiger charge is -2.31. The SMILES string of the molecule is COC[C@H](CC(C)(C)C)NC(=O)[C@@H]1C[C@H]2C[C@H]2N1C(=O)Cn1nc(OC(N)=O)c2ccccc21. The molecule has 0 unspecified atom stereocenters. The smallest absolute Gasteiger partial charge is 0.389 e. The van der Waals surface area contributed by atoms with Gasteiger partial charge in [0.1, 0.15) is 12.6 Å². The van der Waals surface area contributed by atoms with E-state index < -0.39 is 12.1 Å². The molecule has 0 radical (unpaired) electrons. The van der Waals surface area contributed by atoms with E-state index in [-0.39, 0.29) is 41.7 Å². The van der Waals surface area contributed by atoms with Gasteiger partial charge in [-0.1, -0.05) is 32.9 Å². The number of aromatic nitrogens is 2. The minimum atomic E-state index is -0.973. The molecule has 1 saturated carbocycles. The minimum absolute atomic E-state index is 0.0234. The van der Waals surface area contributed by atoms with Crippen LogP contribution in [0.3, 0.4) is 0 Å². The van der Waals surface area contributed by atoms with E-state index in [9.17, 15) is 14.4 Å². The van der Waals surface area contributed by atoms with Gasteiger partial charge in [-0.3, -0.25) is 14.3 Å². The Hall–Kier alpha value is -3.14. The summed E-state index contributed by atoms with van der Waals surface area (Å²) in [5, 5.41) is 7.98. The molecule has 1 aromatic heterocycles. The van der Waals surface area contributed by atoms with Gasteiger partial charge in [0.25, 0.3) is 5.88 Å². The highest BCUT2D eigenvalue weighted by atomic mass is 16.6. The van der Waals surface area contributed by atoms with E-state index in [1.807, 2.05) is 6.07 Å². The second-order valence-corrected chi connectivity index (χ2v) is 10.4. The van der Waals surface area contributed by atoms with Crippen LogP contribution in [-0.2, 0) is 20.9 Å². The fraction of sp³-hybridized carbons (Fsp3) is 0.583. The first-order valence-electron chi connectivity index (χ1n) is 11.6. The van der Waals surface area contributed by atoms with Crippen molar-refractivity contribution in [1.82, 2.24) is 20.0 Å². The van der Waals surface area contributed by atoms with Crippen molar-refractivity contribution in [3.8, 4) is 5.88 Å². The topological polar surface area (TPSA) is 129 Å². The van der Waals surface area contributed by atoms with Crippen molar-refractivity contribution in [2.45, 2.75) is 64.7 Å². The first-order valence-corrected chi connectivity index (χ1v) is 11.6. The molecule has 1 aromatic carbocycles. The Balaban J connectivity index is 1.50. The molecule has 1 aliphatic heterocycles. The summed E-state index contributed by atoms with van der Waals surface area (Å²) < 4.78 is 11.8. The summed E-state index contributed by atoms with van der Waals surface area (Å²) in [7, 11) is 1.62. The molecule has 0 spiro atoms. The zero-order chi connectivity index (χ0) is 24.6. The molecule has 4 rings (SSSR count). The van der Waals surface area contributed by atoms with Gasteiger partial charge in [0.15, 0.2) is 0 Å². The van der Waals surface area contributed by atoms with E-state index in [4.69, 9.17) is 15.2 Å². The van der Waals surface area contributed by atoms with E-state index in [1.54, 1.807) is 30.2 Å². The maximum absolute atomic E-state index is 13.4. The van der Waals surface area contributed by atoms with Gasteiger partial charge in [0.2, 0.25) is 11.8 Å². The number of hydrogen-bond acceptors (Lipinski definition) is 6. The van der Waals surface area contributed by atoms with Gasteiger partial charge in [-0.15, -0.1) is 5.10 Å². The molecule has 10 heteroatoms. The molecule has 2 heterocycles. The third kappa shape index (κ3) is 5.16. The normalized spacial score (nSPS) is 22.4. The van der Waals surface area contributed by atoms with Crippen molar-refractivity contribution < 1.29 is 23.9 Å². The van der Waals surface area contributed by atoms with Crippen LogP contribution in [0.1, 0.15) is 40.0 Å². The number of carbonyl (C=O) groups excluding carboxylic acids is 3. The fourth-order valence-electron chi connectivity index (χ4n) is 5.04. The number of likely N-dealkylation sites (tertiary alicyclic amines) is 1. The van der Waals surface area contributed by atoms with Crippen LogP contribution < -0.4 is 15.8 Å². The van der Waals surface area contributed by atoms with Gasteiger partial charge in [0.05, 0.1) is 23.6 Å². The first-order chi connectivity index (χ1) is 16.1. The Kier molecular flexibility index (Phi) is 6.53. The first kappa shape index (κ1) is 24.0. The molecule has 2 aromatic rings. The maximum Gasteiger partial charge on any atom is 0.411 e. The number of carbonyl (C=O) groups is 3. The van der Waals surface area contributed by atoms with Gasteiger partial charge in [-0.2, -0.15) is 0 Å². The van der Waals surface area contributed by atoms with E-state index >= 15 is 0 Å². The van der Waals surface area contributed by atoms with Crippen molar-refractivity contribution in [2.24, 2.45) is 17.1 Å². The number of hydrogen-bond donors (Lipinski definition) is 2. The van der Waals surface area contributed by atoms with Crippen LogP contribution in [-0.4, -0.2) is 64.4 Å². The molecule has 0 bridgehead atoms. The number of benzene rings is 1. The lowest BCUT2D eigenvalue weighted by molar-refractivity contribution is -0.140. The molecule has 1 aliphatic carbocycles. The van der Waals surface area contributed by atoms with E-state index in [0.717, 1.165) is 12.8 Å². The maximum atomic E-state index is 13.4. The van der Waals surface area contributed by atoms with Crippen LogP contribution in [0.2, 0.25) is 0 Å². The minimum Gasteiger partial charge on any atom is -0.389 e. The molecular formula is C24H33N5O5. The molecule has 3 amide bonds. The Labute approximate surface area is 198 Å². The quantitative estimate of drug-likeness (QED) is 0.606. The average Bonchev–Trinajstić information content (AvgIpc) is 3.27. The summed E-state index contributed by atoms with van der Waals surface area (Å²) in [5.41, 5.74) is 5.83. The van der Waals surface area contributed by atoms with E-state index in [0.29, 0.717) is 29.8 Å². The molecule has 10 nitrogen and oxygen atoms in total. The summed E-state index contributed by atoms with van der Waals surface area (Å²) in [6.07, 6.45) is 1.37.